The number of carbonyl (C=O) groups excluding carboxylic acids is 1. The molecule has 1 amide bonds. The monoisotopic (exact) mass is 153 g/mol. The number of nitrogens with zero attached hydrogens (tertiary/aromatic N) is 1. The van der Waals surface area contributed by atoms with Crippen LogP contribution in [-0.4, -0.2) is 17.6 Å². The summed E-state index contributed by atoms with van der Waals surface area (Å²) in [5, 5.41) is 0. The van der Waals surface area contributed by atoms with Gasteiger partial charge in [-0.25, -0.2) is 4.79 Å². The summed E-state index contributed by atoms with van der Waals surface area (Å²) in [4.78, 5) is 12.4. The van der Waals surface area contributed by atoms with Crippen LogP contribution in [0.5, 0.6) is 0 Å². The van der Waals surface area contributed by atoms with E-state index in [2.05, 4.69) is 0 Å². The largest absolute Gasteiger partial charge is 0.449 e. The lowest BCUT2D eigenvalue weighted by Gasteiger charge is -2.14. The van der Waals surface area contributed by atoms with Crippen molar-refractivity contribution in [2.75, 3.05) is 6.61 Å². The van der Waals surface area contributed by atoms with Crippen molar-refractivity contribution in [1.82, 2.24) is 4.90 Å². The zero-order valence-corrected chi connectivity index (χ0v) is 6.49. The molecule has 3 nitrogen and oxygen atoms in total. The fourth-order valence-electron chi connectivity index (χ4n) is 0.797. The molecule has 1 aliphatic rings. The first kappa shape index (κ1) is 7.85. The Labute approximate surface area is 65.9 Å². The third-order valence-corrected chi connectivity index (χ3v) is 1.28. The van der Waals surface area contributed by atoms with Crippen molar-refractivity contribution in [3.8, 4) is 0 Å². The number of ether oxygens (including phenoxy) is 1. The minimum Gasteiger partial charge on any atom is -0.449 e. The summed E-state index contributed by atoms with van der Waals surface area (Å²) >= 11 is 0. The Balaban J connectivity index is 2.45. The van der Waals surface area contributed by atoms with Gasteiger partial charge in [0.25, 0.3) is 0 Å². The highest BCUT2D eigenvalue weighted by Crippen LogP contribution is 2.03. The number of hydrogen-bond donors (Lipinski definition) is 0. The maximum absolute atomic E-state index is 11.0. The average molecular weight is 153 g/mol. The molecule has 0 aromatic carbocycles. The van der Waals surface area contributed by atoms with Crippen LogP contribution in [0, 0.1) is 0 Å². The van der Waals surface area contributed by atoms with Crippen LogP contribution in [-0.2, 0) is 4.74 Å². The van der Waals surface area contributed by atoms with Crippen molar-refractivity contribution in [2.24, 2.45) is 0 Å². The molecule has 0 saturated carbocycles. The van der Waals surface area contributed by atoms with Crippen LogP contribution in [0.2, 0.25) is 0 Å². The van der Waals surface area contributed by atoms with Gasteiger partial charge in [0, 0.05) is 12.4 Å². The van der Waals surface area contributed by atoms with E-state index in [1.54, 1.807) is 19.3 Å². The summed E-state index contributed by atoms with van der Waals surface area (Å²) in [5.74, 6) is 0. The van der Waals surface area contributed by atoms with Gasteiger partial charge in [-0.15, -0.1) is 0 Å². The quantitative estimate of drug-likeness (QED) is 0.575. The molecule has 0 atom stereocenters. The highest BCUT2D eigenvalue weighted by atomic mass is 16.5. The molecule has 1 aliphatic heterocycles. The first-order chi connectivity index (χ1) is 5.34. The van der Waals surface area contributed by atoms with Gasteiger partial charge in [-0.3, -0.25) is 4.90 Å². The predicted molar refractivity (Wildman–Crippen MR) is 41.8 cm³/mol. The number of hydrogen-bond acceptors (Lipinski definition) is 2. The van der Waals surface area contributed by atoms with Gasteiger partial charge in [0.1, 0.15) is 0 Å². The molecule has 11 heavy (non-hydrogen) atoms. The van der Waals surface area contributed by atoms with E-state index in [1.165, 1.54) is 4.90 Å². The second-order valence-corrected chi connectivity index (χ2v) is 2.11. The minimum atomic E-state index is -0.320. The van der Waals surface area contributed by atoms with Gasteiger partial charge in [-0.05, 0) is 13.3 Å². The molecule has 0 spiro atoms. The van der Waals surface area contributed by atoms with Gasteiger partial charge in [0.15, 0.2) is 0 Å². The number of allylic oxidation sites excluding steroid dienone is 2. The van der Waals surface area contributed by atoms with E-state index >= 15 is 0 Å². The Morgan fingerprint density at radius 2 is 2.18 bits per heavy atom. The minimum absolute atomic E-state index is 0.320. The van der Waals surface area contributed by atoms with E-state index in [0.29, 0.717) is 6.61 Å². The maximum atomic E-state index is 11.0. The summed E-state index contributed by atoms with van der Waals surface area (Å²) in [6.45, 7) is 2.20. The van der Waals surface area contributed by atoms with Crippen molar-refractivity contribution < 1.29 is 9.53 Å². The average Bonchev–Trinajstić information content (AvgIpc) is 2.07. The van der Waals surface area contributed by atoms with Crippen LogP contribution in [0.25, 0.3) is 0 Å². The summed E-state index contributed by atoms with van der Waals surface area (Å²) < 4.78 is 4.77. The molecule has 0 radical (unpaired) electrons. The second-order valence-electron chi connectivity index (χ2n) is 2.11. The predicted octanol–water partition coefficient (Wildman–Crippen LogP) is 1.88. The summed E-state index contributed by atoms with van der Waals surface area (Å²) in [5.41, 5.74) is 0. The summed E-state index contributed by atoms with van der Waals surface area (Å²) in [6.07, 6.45) is 7.78. The molecule has 0 aromatic heterocycles. The number of amides is 1. The molecule has 0 aliphatic carbocycles. The number of carbonyl (C=O) groups is 1. The van der Waals surface area contributed by atoms with E-state index in [4.69, 9.17) is 4.74 Å². The fraction of sp³-hybridized carbons (Fsp3) is 0.375. The molecule has 0 aromatic rings. The van der Waals surface area contributed by atoms with Crippen LogP contribution in [0.3, 0.4) is 0 Å². The van der Waals surface area contributed by atoms with Crippen LogP contribution in [0.4, 0.5) is 4.79 Å². The smallest absolute Gasteiger partial charge is 0.417 e. The molecule has 0 saturated heterocycles. The van der Waals surface area contributed by atoms with Crippen molar-refractivity contribution in [2.45, 2.75) is 13.3 Å². The van der Waals surface area contributed by atoms with Crippen molar-refractivity contribution >= 4 is 6.09 Å². The zero-order chi connectivity index (χ0) is 8.10. The highest BCUT2D eigenvalue weighted by Gasteiger charge is 2.08. The Hall–Kier alpha value is -1.25. The Bertz CT molecular complexity index is 184. The van der Waals surface area contributed by atoms with Gasteiger partial charge >= 0.3 is 6.09 Å². The lowest BCUT2D eigenvalue weighted by atomic mass is 10.3. The summed E-state index contributed by atoms with van der Waals surface area (Å²) in [7, 11) is 0. The molecular weight excluding hydrogens is 142 g/mol. The molecule has 0 fully saturated rings. The molecule has 0 N–H and O–H groups in total. The van der Waals surface area contributed by atoms with Crippen LogP contribution >= 0.6 is 0 Å². The third-order valence-electron chi connectivity index (χ3n) is 1.28. The van der Waals surface area contributed by atoms with E-state index in [9.17, 15) is 4.79 Å². The standard InChI is InChI=1S/C8H11NO2/c1-2-11-8(10)9-6-4-3-5-7-9/h4-7H,2-3H2,1H3. The van der Waals surface area contributed by atoms with Gasteiger partial charge in [-0.1, -0.05) is 12.2 Å². The van der Waals surface area contributed by atoms with Gasteiger partial charge in [0.2, 0.25) is 0 Å². The molecule has 0 unspecified atom stereocenters. The highest BCUT2D eigenvalue weighted by molar-refractivity contribution is 5.70. The van der Waals surface area contributed by atoms with Gasteiger partial charge in [0.05, 0.1) is 6.61 Å². The van der Waals surface area contributed by atoms with E-state index in [0.717, 1.165) is 6.42 Å². The van der Waals surface area contributed by atoms with E-state index in [1.807, 2.05) is 12.2 Å². The lowest BCUT2D eigenvalue weighted by molar-refractivity contribution is 0.133. The summed E-state index contributed by atoms with van der Waals surface area (Å²) in [6, 6.07) is 0. The molecule has 1 heterocycles. The van der Waals surface area contributed by atoms with Crippen molar-refractivity contribution in [3.05, 3.63) is 24.6 Å². The third kappa shape index (κ3) is 2.11. The van der Waals surface area contributed by atoms with Crippen LogP contribution < -0.4 is 0 Å². The van der Waals surface area contributed by atoms with Crippen molar-refractivity contribution in [3.63, 3.8) is 0 Å². The molecular formula is C8H11NO2. The second kappa shape index (κ2) is 3.81. The van der Waals surface area contributed by atoms with Crippen LogP contribution in [0.1, 0.15) is 13.3 Å². The van der Waals surface area contributed by atoms with E-state index < -0.39 is 0 Å². The normalized spacial score (nSPS) is 15.2. The Kier molecular flexibility index (Phi) is 2.72. The van der Waals surface area contributed by atoms with Gasteiger partial charge < -0.3 is 4.74 Å². The Morgan fingerprint density at radius 1 is 1.55 bits per heavy atom. The Morgan fingerprint density at radius 3 is 2.73 bits per heavy atom. The van der Waals surface area contributed by atoms with Crippen LogP contribution in [0.15, 0.2) is 24.6 Å². The molecule has 60 valence electrons. The maximum Gasteiger partial charge on any atom is 0.417 e. The first-order valence-corrected chi connectivity index (χ1v) is 3.63. The van der Waals surface area contributed by atoms with E-state index in [-0.39, 0.29) is 6.09 Å². The van der Waals surface area contributed by atoms with Gasteiger partial charge in [-0.2, -0.15) is 0 Å². The molecule has 0 bridgehead atoms. The number of rotatable bonds is 1. The SMILES string of the molecule is CCOC(=O)N1C=CCC=C1. The molecule has 3 heteroatoms. The topological polar surface area (TPSA) is 29.5 Å². The first-order valence-electron chi connectivity index (χ1n) is 3.63. The zero-order valence-electron chi connectivity index (χ0n) is 6.49. The van der Waals surface area contributed by atoms with Crippen molar-refractivity contribution in [1.29, 1.82) is 0 Å². The fourth-order valence-corrected chi connectivity index (χ4v) is 0.797. The molecule has 1 rings (SSSR count). The lowest BCUT2D eigenvalue weighted by Crippen LogP contribution is -2.21.